The van der Waals surface area contributed by atoms with Crippen molar-refractivity contribution in [1.82, 2.24) is 4.31 Å². The number of hydrogen-bond donors (Lipinski definition) is 0. The molecule has 0 bridgehead atoms. The summed E-state index contributed by atoms with van der Waals surface area (Å²) < 4.78 is 45.7. The summed E-state index contributed by atoms with van der Waals surface area (Å²) in [4.78, 5) is 12.0. The summed E-state index contributed by atoms with van der Waals surface area (Å²) >= 11 is 0. The number of esters is 1. The Hall–Kier alpha value is -2.25. The predicted molar refractivity (Wildman–Crippen MR) is 89.6 cm³/mol. The first kappa shape index (κ1) is 17.6. The minimum atomic E-state index is -3.81. The van der Waals surface area contributed by atoms with Gasteiger partial charge in [-0.05, 0) is 36.2 Å². The van der Waals surface area contributed by atoms with Crippen LogP contribution in [0.25, 0.3) is 0 Å². The van der Waals surface area contributed by atoms with Gasteiger partial charge in [-0.3, -0.25) is 4.79 Å². The van der Waals surface area contributed by atoms with Crippen molar-refractivity contribution in [3.8, 4) is 0 Å². The molecule has 0 radical (unpaired) electrons. The maximum absolute atomic E-state index is 13.7. The van der Waals surface area contributed by atoms with Crippen molar-refractivity contribution < 1.29 is 22.3 Å². The summed E-state index contributed by atoms with van der Waals surface area (Å²) in [5, 5.41) is 0. The lowest BCUT2D eigenvalue weighted by atomic mass is 10.0. The predicted octanol–water partition coefficient (Wildman–Crippen LogP) is 3.02. The van der Waals surface area contributed by atoms with Crippen molar-refractivity contribution in [3.05, 3.63) is 65.5 Å². The summed E-state index contributed by atoms with van der Waals surface area (Å²) in [7, 11) is -3.81. The minimum absolute atomic E-state index is 0.0409. The van der Waals surface area contributed by atoms with Gasteiger partial charge in [0.05, 0.1) is 24.0 Å². The van der Waals surface area contributed by atoms with Crippen LogP contribution in [0.5, 0.6) is 0 Å². The lowest BCUT2D eigenvalue weighted by Crippen LogP contribution is -2.29. The smallest absolute Gasteiger partial charge is 0.307 e. The molecule has 3 rings (SSSR count). The van der Waals surface area contributed by atoms with Crippen LogP contribution in [0.3, 0.4) is 0 Å². The Morgan fingerprint density at radius 1 is 1.20 bits per heavy atom. The molecule has 5 nitrogen and oxygen atoms in total. The molecular weight excluding hydrogens is 345 g/mol. The van der Waals surface area contributed by atoms with Crippen molar-refractivity contribution >= 4 is 16.0 Å². The van der Waals surface area contributed by atoms with Gasteiger partial charge in [0, 0.05) is 6.54 Å². The van der Waals surface area contributed by atoms with E-state index in [4.69, 9.17) is 4.74 Å². The van der Waals surface area contributed by atoms with Crippen molar-refractivity contribution in [1.29, 1.82) is 0 Å². The molecule has 132 valence electrons. The Kier molecular flexibility index (Phi) is 4.87. The van der Waals surface area contributed by atoms with Gasteiger partial charge < -0.3 is 4.74 Å². The molecule has 7 heteroatoms. The minimum Gasteiger partial charge on any atom is -0.466 e. The molecule has 1 aliphatic rings. The van der Waals surface area contributed by atoms with E-state index in [9.17, 15) is 17.6 Å². The summed E-state index contributed by atoms with van der Waals surface area (Å²) in [5.41, 5.74) is 1.08. The highest BCUT2D eigenvalue weighted by Crippen LogP contribution is 2.42. The first-order valence-electron chi connectivity index (χ1n) is 7.94. The number of hydrogen-bond acceptors (Lipinski definition) is 4. The molecule has 1 atom stereocenters. The summed E-state index contributed by atoms with van der Waals surface area (Å²) in [5.74, 6) is -1.05. The molecule has 2 aromatic carbocycles. The number of carbonyl (C=O) groups is 1. The van der Waals surface area contributed by atoms with Crippen LogP contribution in [0.2, 0.25) is 0 Å². The van der Waals surface area contributed by atoms with Crippen molar-refractivity contribution in [2.45, 2.75) is 30.8 Å². The number of ether oxygens (including phenoxy) is 1. The van der Waals surface area contributed by atoms with Crippen LogP contribution in [0.4, 0.5) is 4.39 Å². The van der Waals surface area contributed by atoms with E-state index in [-0.39, 0.29) is 24.5 Å². The van der Waals surface area contributed by atoms with Crippen LogP contribution in [0.15, 0.2) is 53.4 Å². The second-order valence-electron chi connectivity index (χ2n) is 5.74. The molecule has 0 saturated carbocycles. The molecule has 0 N–H and O–H groups in total. The van der Waals surface area contributed by atoms with E-state index >= 15 is 0 Å². The zero-order valence-electron chi connectivity index (χ0n) is 13.7. The van der Waals surface area contributed by atoms with Gasteiger partial charge in [0.25, 0.3) is 0 Å². The van der Waals surface area contributed by atoms with Crippen LogP contribution in [-0.2, 0) is 26.1 Å². The van der Waals surface area contributed by atoms with Gasteiger partial charge >= 0.3 is 5.97 Å². The zero-order chi connectivity index (χ0) is 18.0. The number of rotatable bonds is 5. The van der Waals surface area contributed by atoms with Crippen molar-refractivity contribution in [3.63, 3.8) is 0 Å². The SMILES string of the molecule is CCOC(=O)C[C@H]1c2cc(F)ccc2S(=O)(=O)N1Cc1ccccc1. The Labute approximate surface area is 146 Å². The number of halogens is 1. The zero-order valence-corrected chi connectivity index (χ0v) is 14.5. The maximum atomic E-state index is 13.7. The normalized spacial score (nSPS) is 18.7. The number of sulfonamides is 1. The third kappa shape index (κ3) is 3.43. The average molecular weight is 363 g/mol. The largest absolute Gasteiger partial charge is 0.466 e. The Morgan fingerprint density at radius 2 is 1.92 bits per heavy atom. The summed E-state index contributed by atoms with van der Waals surface area (Å²) in [6.07, 6.45) is -0.156. The van der Waals surface area contributed by atoms with Crippen molar-refractivity contribution in [2.24, 2.45) is 0 Å². The first-order chi connectivity index (χ1) is 11.9. The van der Waals surface area contributed by atoms with Crippen LogP contribution < -0.4 is 0 Å². The third-order valence-corrected chi connectivity index (χ3v) is 6.04. The lowest BCUT2D eigenvalue weighted by Gasteiger charge is -2.23. The summed E-state index contributed by atoms with van der Waals surface area (Å²) in [6, 6.07) is 11.8. The van der Waals surface area contributed by atoms with Gasteiger partial charge in [-0.15, -0.1) is 0 Å². The fourth-order valence-corrected chi connectivity index (χ4v) is 4.84. The van der Waals surface area contributed by atoms with E-state index in [0.29, 0.717) is 5.56 Å². The van der Waals surface area contributed by atoms with Crippen LogP contribution in [0, 0.1) is 5.82 Å². The van der Waals surface area contributed by atoms with Crippen LogP contribution in [-0.4, -0.2) is 25.3 Å². The van der Waals surface area contributed by atoms with Crippen LogP contribution >= 0.6 is 0 Å². The maximum Gasteiger partial charge on any atom is 0.307 e. The molecule has 1 aliphatic heterocycles. The molecule has 0 saturated heterocycles. The second-order valence-corrected chi connectivity index (χ2v) is 7.60. The number of fused-ring (bicyclic) bond motifs is 1. The highest BCUT2D eigenvalue weighted by atomic mass is 32.2. The van der Waals surface area contributed by atoms with Gasteiger partial charge in [0.1, 0.15) is 5.82 Å². The molecular formula is C18H18FNO4S. The third-order valence-electron chi connectivity index (χ3n) is 4.11. The molecule has 0 aromatic heterocycles. The Bertz CT molecular complexity index is 883. The number of benzene rings is 2. The average Bonchev–Trinajstić information content (AvgIpc) is 2.77. The van der Waals surface area contributed by atoms with Crippen molar-refractivity contribution in [2.75, 3.05) is 6.61 Å². The highest BCUT2D eigenvalue weighted by Gasteiger charge is 2.43. The lowest BCUT2D eigenvalue weighted by molar-refractivity contribution is -0.144. The molecule has 2 aromatic rings. The molecule has 0 spiro atoms. The van der Waals surface area contributed by atoms with E-state index in [2.05, 4.69) is 0 Å². The van der Waals surface area contributed by atoms with E-state index < -0.39 is 27.9 Å². The van der Waals surface area contributed by atoms with E-state index in [1.54, 1.807) is 19.1 Å². The molecule has 0 unspecified atom stereocenters. The number of nitrogens with zero attached hydrogens (tertiary/aromatic N) is 1. The Balaban J connectivity index is 2.02. The second kappa shape index (κ2) is 6.93. The van der Waals surface area contributed by atoms with Crippen LogP contribution in [0.1, 0.15) is 30.5 Å². The fourth-order valence-electron chi connectivity index (χ4n) is 3.01. The van der Waals surface area contributed by atoms with E-state index in [0.717, 1.165) is 11.6 Å². The topological polar surface area (TPSA) is 63.7 Å². The molecule has 1 heterocycles. The Morgan fingerprint density at radius 3 is 2.60 bits per heavy atom. The van der Waals surface area contributed by atoms with E-state index in [1.807, 2.05) is 18.2 Å². The fraction of sp³-hybridized carbons (Fsp3) is 0.278. The quantitative estimate of drug-likeness (QED) is 0.766. The monoisotopic (exact) mass is 363 g/mol. The standard InChI is InChI=1S/C18H18FNO4S/c1-2-24-18(21)11-16-15-10-14(19)8-9-17(15)25(22,23)20(16)12-13-6-4-3-5-7-13/h3-10,16H,2,11-12H2,1H3/t16-/m0/s1. The van der Waals surface area contributed by atoms with E-state index in [1.165, 1.54) is 16.4 Å². The first-order valence-corrected chi connectivity index (χ1v) is 9.38. The highest BCUT2D eigenvalue weighted by molar-refractivity contribution is 7.89. The molecule has 25 heavy (non-hydrogen) atoms. The molecule has 0 fully saturated rings. The van der Waals surface area contributed by atoms with Gasteiger partial charge in [0.15, 0.2) is 0 Å². The molecule has 0 aliphatic carbocycles. The number of carbonyl (C=O) groups excluding carboxylic acids is 1. The molecule has 0 amide bonds. The van der Waals surface area contributed by atoms with Gasteiger partial charge in [0.2, 0.25) is 10.0 Å². The van der Waals surface area contributed by atoms with Gasteiger partial charge in [-0.2, -0.15) is 4.31 Å². The van der Waals surface area contributed by atoms with Gasteiger partial charge in [-0.25, -0.2) is 12.8 Å². The summed E-state index contributed by atoms with van der Waals surface area (Å²) in [6.45, 7) is 1.98. The van der Waals surface area contributed by atoms with Gasteiger partial charge in [-0.1, -0.05) is 30.3 Å².